The number of nitrogens with one attached hydrogen (secondary N) is 1. The van der Waals surface area contributed by atoms with Gasteiger partial charge in [-0.25, -0.2) is 0 Å². The van der Waals surface area contributed by atoms with Crippen LogP contribution in [0, 0.1) is 0 Å². The molecule has 4 heteroatoms. The molecule has 0 aliphatic carbocycles. The first kappa shape index (κ1) is 7.58. The van der Waals surface area contributed by atoms with E-state index in [4.69, 9.17) is 4.74 Å². The van der Waals surface area contributed by atoms with Gasteiger partial charge < -0.3 is 10.1 Å². The fourth-order valence-corrected chi connectivity index (χ4v) is 1.81. The molecule has 12 heavy (non-hydrogen) atoms. The van der Waals surface area contributed by atoms with Crippen molar-refractivity contribution in [2.24, 2.45) is 0 Å². The summed E-state index contributed by atoms with van der Waals surface area (Å²) < 4.78 is 5.05. The Morgan fingerprint density at radius 3 is 2.75 bits per heavy atom. The molecular formula is C8H11NO3. The highest BCUT2D eigenvalue weighted by molar-refractivity contribution is 5.91. The van der Waals surface area contributed by atoms with Crippen LogP contribution >= 0.6 is 0 Å². The maximum absolute atomic E-state index is 11.4. The highest BCUT2D eigenvalue weighted by atomic mass is 16.6. The Labute approximate surface area is 70.3 Å². The summed E-state index contributed by atoms with van der Waals surface area (Å²) in [5.74, 6) is -0.355. The van der Waals surface area contributed by atoms with Gasteiger partial charge in [-0.15, -0.1) is 0 Å². The van der Waals surface area contributed by atoms with Gasteiger partial charge in [-0.3, -0.25) is 9.59 Å². The monoisotopic (exact) mass is 169 g/mol. The average molecular weight is 169 g/mol. The zero-order chi connectivity index (χ0) is 8.60. The van der Waals surface area contributed by atoms with Gasteiger partial charge in [0.1, 0.15) is 0 Å². The minimum absolute atomic E-state index is 0.111. The molecule has 1 atom stereocenters. The van der Waals surface area contributed by atoms with Gasteiger partial charge >= 0.3 is 5.97 Å². The van der Waals surface area contributed by atoms with E-state index in [1.165, 1.54) is 0 Å². The molecule has 0 aromatic carbocycles. The first-order valence-corrected chi connectivity index (χ1v) is 4.23. The summed E-state index contributed by atoms with van der Waals surface area (Å²) in [7, 11) is 0. The standard InChI is InChI=1S/C8H11NO3/c10-6-2-4-8(12-6)3-1-5-9-7(8)11/h1-5H2,(H,9,11)/t8-/m1/s1. The van der Waals surface area contributed by atoms with Crippen molar-refractivity contribution in [2.45, 2.75) is 31.3 Å². The Morgan fingerprint density at radius 2 is 2.17 bits per heavy atom. The number of ether oxygens (including phenoxy) is 1. The molecule has 0 radical (unpaired) electrons. The third-order valence-corrected chi connectivity index (χ3v) is 2.50. The van der Waals surface area contributed by atoms with E-state index in [1.54, 1.807) is 0 Å². The number of amides is 1. The fourth-order valence-electron chi connectivity index (χ4n) is 1.81. The smallest absolute Gasteiger partial charge is 0.307 e. The van der Waals surface area contributed by atoms with Crippen LogP contribution < -0.4 is 5.32 Å². The second kappa shape index (κ2) is 2.47. The van der Waals surface area contributed by atoms with Crippen molar-refractivity contribution >= 4 is 11.9 Å². The van der Waals surface area contributed by atoms with Gasteiger partial charge in [-0.2, -0.15) is 0 Å². The molecule has 2 aliphatic heterocycles. The maximum atomic E-state index is 11.4. The van der Waals surface area contributed by atoms with Crippen molar-refractivity contribution in [3.8, 4) is 0 Å². The molecule has 2 fully saturated rings. The van der Waals surface area contributed by atoms with Crippen LogP contribution in [0.4, 0.5) is 0 Å². The lowest BCUT2D eigenvalue weighted by atomic mass is 9.90. The van der Waals surface area contributed by atoms with Gasteiger partial charge in [-0.1, -0.05) is 0 Å². The molecule has 66 valence electrons. The largest absolute Gasteiger partial charge is 0.449 e. The highest BCUT2D eigenvalue weighted by Crippen LogP contribution is 2.33. The van der Waals surface area contributed by atoms with Crippen LogP contribution in [-0.4, -0.2) is 24.0 Å². The van der Waals surface area contributed by atoms with Gasteiger partial charge in [0.2, 0.25) is 0 Å². The molecule has 2 heterocycles. The van der Waals surface area contributed by atoms with Crippen molar-refractivity contribution in [1.29, 1.82) is 0 Å². The topological polar surface area (TPSA) is 55.4 Å². The third-order valence-electron chi connectivity index (χ3n) is 2.50. The Balaban J connectivity index is 2.18. The molecule has 1 amide bonds. The van der Waals surface area contributed by atoms with Gasteiger partial charge in [0, 0.05) is 19.4 Å². The zero-order valence-corrected chi connectivity index (χ0v) is 6.76. The van der Waals surface area contributed by atoms with E-state index >= 15 is 0 Å². The molecular weight excluding hydrogens is 158 g/mol. The number of hydrogen-bond donors (Lipinski definition) is 1. The maximum Gasteiger partial charge on any atom is 0.307 e. The number of hydrogen-bond acceptors (Lipinski definition) is 3. The van der Waals surface area contributed by atoms with Crippen LogP contribution in [-0.2, 0) is 14.3 Å². The Bertz CT molecular complexity index is 238. The first-order chi connectivity index (χ1) is 5.73. The minimum atomic E-state index is -0.796. The molecule has 0 aromatic heterocycles. The Kier molecular flexibility index (Phi) is 1.56. The second-order valence-electron chi connectivity index (χ2n) is 3.33. The molecule has 1 spiro atoms. The SMILES string of the molecule is O=C1CC[C@@]2(CCCNC2=O)O1. The Morgan fingerprint density at radius 1 is 1.33 bits per heavy atom. The minimum Gasteiger partial charge on any atom is -0.449 e. The number of carbonyl (C=O) groups excluding carboxylic acids is 2. The van der Waals surface area contributed by atoms with E-state index in [2.05, 4.69) is 5.32 Å². The van der Waals surface area contributed by atoms with Gasteiger partial charge in [0.15, 0.2) is 5.60 Å². The molecule has 0 unspecified atom stereocenters. The zero-order valence-electron chi connectivity index (χ0n) is 6.76. The second-order valence-corrected chi connectivity index (χ2v) is 3.33. The van der Waals surface area contributed by atoms with Gasteiger partial charge in [0.05, 0.1) is 0 Å². The molecule has 0 aromatic rings. The summed E-state index contributed by atoms with van der Waals surface area (Å²) >= 11 is 0. The fraction of sp³-hybridized carbons (Fsp3) is 0.750. The van der Waals surface area contributed by atoms with Gasteiger partial charge in [0.25, 0.3) is 5.91 Å². The van der Waals surface area contributed by atoms with Crippen molar-refractivity contribution in [3.63, 3.8) is 0 Å². The number of piperidine rings is 1. The molecule has 2 aliphatic rings. The Hall–Kier alpha value is -1.06. The lowest BCUT2D eigenvalue weighted by molar-refractivity contribution is -0.161. The van der Waals surface area contributed by atoms with E-state index in [9.17, 15) is 9.59 Å². The van der Waals surface area contributed by atoms with Crippen molar-refractivity contribution in [3.05, 3.63) is 0 Å². The number of carbonyl (C=O) groups is 2. The lowest BCUT2D eigenvalue weighted by Gasteiger charge is -2.30. The molecule has 2 rings (SSSR count). The van der Waals surface area contributed by atoms with Crippen LogP contribution in [0.15, 0.2) is 0 Å². The van der Waals surface area contributed by atoms with Gasteiger partial charge in [-0.05, 0) is 12.8 Å². The predicted octanol–water partition coefficient (Wildman–Crippen LogP) is -0.0278. The van der Waals surface area contributed by atoms with E-state index < -0.39 is 5.60 Å². The summed E-state index contributed by atoms with van der Waals surface area (Å²) in [5.41, 5.74) is -0.796. The van der Waals surface area contributed by atoms with Crippen LogP contribution in [0.5, 0.6) is 0 Å². The summed E-state index contributed by atoms with van der Waals surface area (Å²) in [6, 6.07) is 0. The summed E-state index contributed by atoms with van der Waals surface area (Å²) in [4.78, 5) is 22.2. The van der Waals surface area contributed by atoms with E-state index in [0.717, 1.165) is 6.42 Å². The van der Waals surface area contributed by atoms with E-state index in [-0.39, 0.29) is 11.9 Å². The predicted molar refractivity (Wildman–Crippen MR) is 40.3 cm³/mol. The van der Waals surface area contributed by atoms with E-state index in [0.29, 0.717) is 25.8 Å². The van der Waals surface area contributed by atoms with Crippen molar-refractivity contribution < 1.29 is 14.3 Å². The highest BCUT2D eigenvalue weighted by Gasteiger charge is 2.48. The van der Waals surface area contributed by atoms with Crippen molar-refractivity contribution in [2.75, 3.05) is 6.54 Å². The van der Waals surface area contributed by atoms with Crippen LogP contribution in [0.2, 0.25) is 0 Å². The summed E-state index contributed by atoms with van der Waals surface area (Å²) in [6.07, 6.45) is 2.52. The molecule has 2 saturated heterocycles. The van der Waals surface area contributed by atoms with Crippen LogP contribution in [0.25, 0.3) is 0 Å². The number of rotatable bonds is 0. The first-order valence-electron chi connectivity index (χ1n) is 4.23. The molecule has 0 bridgehead atoms. The number of esters is 1. The average Bonchev–Trinajstić information content (AvgIpc) is 2.41. The summed E-state index contributed by atoms with van der Waals surface area (Å²) in [5, 5.41) is 2.72. The van der Waals surface area contributed by atoms with E-state index in [1.807, 2.05) is 0 Å². The normalized spacial score (nSPS) is 35.0. The summed E-state index contributed by atoms with van der Waals surface area (Å²) in [6.45, 7) is 0.706. The quantitative estimate of drug-likeness (QED) is 0.518. The lowest BCUT2D eigenvalue weighted by Crippen LogP contribution is -2.50. The molecule has 0 saturated carbocycles. The molecule has 1 N–H and O–H groups in total. The molecule has 4 nitrogen and oxygen atoms in total. The van der Waals surface area contributed by atoms with Crippen LogP contribution in [0.3, 0.4) is 0 Å². The third kappa shape index (κ3) is 0.983. The van der Waals surface area contributed by atoms with Crippen molar-refractivity contribution in [1.82, 2.24) is 5.32 Å². The van der Waals surface area contributed by atoms with Crippen LogP contribution in [0.1, 0.15) is 25.7 Å².